The molecule has 0 amide bonds. The molecule has 5 nitrogen and oxygen atoms in total. The molecule has 1 N–H and O–H groups in total. The van der Waals surface area contributed by atoms with Gasteiger partial charge in [-0.1, -0.05) is 39.0 Å². The van der Waals surface area contributed by atoms with Crippen molar-refractivity contribution in [2.45, 2.75) is 45.2 Å². The smallest absolute Gasteiger partial charge is 0.342 e. The molecule has 1 aromatic heterocycles. The first-order chi connectivity index (χ1) is 15.6. The fourth-order valence-corrected chi connectivity index (χ4v) is 5.42. The Kier molecular flexibility index (Phi) is 4.64. The van der Waals surface area contributed by atoms with Crippen molar-refractivity contribution in [1.82, 2.24) is 10.3 Å². The average molecular weight is 452 g/mol. The molecule has 1 aromatic carbocycles. The number of allylic oxidation sites excluding steroid dienone is 2. The van der Waals surface area contributed by atoms with Crippen LogP contribution in [0.25, 0.3) is 11.1 Å². The largest absolute Gasteiger partial charge is 0.418 e. The molecule has 5 rings (SSSR count). The Morgan fingerprint density at radius 3 is 2.70 bits per heavy atom. The van der Waals surface area contributed by atoms with Crippen LogP contribution < -0.4 is 5.32 Å². The molecule has 8 heteroatoms. The van der Waals surface area contributed by atoms with Crippen LogP contribution >= 0.6 is 0 Å². The zero-order valence-corrected chi connectivity index (χ0v) is 18.5. The molecule has 0 unspecified atom stereocenters. The fourth-order valence-electron chi connectivity index (χ4n) is 5.42. The van der Waals surface area contributed by atoms with E-state index in [4.69, 9.17) is 0 Å². The van der Waals surface area contributed by atoms with Crippen LogP contribution in [-0.4, -0.2) is 17.3 Å². The van der Waals surface area contributed by atoms with Gasteiger partial charge in [0.1, 0.15) is 0 Å². The van der Waals surface area contributed by atoms with E-state index < -0.39 is 22.6 Å². The highest BCUT2D eigenvalue weighted by Crippen LogP contribution is 2.55. The number of nitrogens with one attached hydrogen (secondary N) is 1. The van der Waals surface area contributed by atoms with E-state index in [0.717, 1.165) is 23.0 Å². The van der Waals surface area contributed by atoms with Crippen LogP contribution in [0.15, 0.2) is 75.6 Å². The number of halogens is 3. The predicted molar refractivity (Wildman–Crippen MR) is 117 cm³/mol. The minimum atomic E-state index is -4.53. The molecule has 0 saturated heterocycles. The summed E-state index contributed by atoms with van der Waals surface area (Å²) >= 11 is 0. The van der Waals surface area contributed by atoms with E-state index in [0.29, 0.717) is 36.3 Å². The maximum atomic E-state index is 13.7. The Hall–Kier alpha value is -3.29. The first-order valence-electron chi connectivity index (χ1n) is 10.9. The molecule has 0 radical (unpaired) electrons. The van der Waals surface area contributed by atoms with Crippen molar-refractivity contribution in [3.63, 3.8) is 0 Å². The van der Waals surface area contributed by atoms with Gasteiger partial charge in [0.05, 0.1) is 17.5 Å². The number of ketones is 1. The molecule has 0 spiro atoms. The second-order valence-electron chi connectivity index (χ2n) is 9.35. The normalized spacial score (nSPS) is 23.6. The summed E-state index contributed by atoms with van der Waals surface area (Å²) in [4.78, 5) is 17.3. The highest BCUT2D eigenvalue weighted by Gasteiger charge is 2.54. The number of aromatic nitrogens is 1. The second-order valence-corrected chi connectivity index (χ2v) is 9.35. The summed E-state index contributed by atoms with van der Waals surface area (Å²) in [6, 6.07) is 8.44. The van der Waals surface area contributed by atoms with Crippen molar-refractivity contribution in [2.75, 3.05) is 6.54 Å². The van der Waals surface area contributed by atoms with Gasteiger partial charge in [-0.05, 0) is 35.2 Å². The van der Waals surface area contributed by atoms with Crippen LogP contribution in [0.1, 0.15) is 44.7 Å². The van der Waals surface area contributed by atoms with E-state index in [2.05, 4.69) is 20.5 Å². The van der Waals surface area contributed by atoms with E-state index in [9.17, 15) is 18.0 Å². The highest BCUT2D eigenvalue weighted by atomic mass is 19.4. The molecule has 0 saturated carbocycles. The van der Waals surface area contributed by atoms with Gasteiger partial charge in [-0.15, -0.1) is 5.11 Å². The van der Waals surface area contributed by atoms with Gasteiger partial charge in [-0.2, -0.15) is 18.3 Å². The zero-order valence-electron chi connectivity index (χ0n) is 18.5. The van der Waals surface area contributed by atoms with Crippen molar-refractivity contribution in [3.8, 4) is 11.1 Å². The summed E-state index contributed by atoms with van der Waals surface area (Å²) < 4.78 is 41.1. The lowest BCUT2D eigenvalue weighted by Gasteiger charge is -2.40. The van der Waals surface area contributed by atoms with E-state index >= 15 is 0 Å². The maximum Gasteiger partial charge on any atom is 0.418 e. The molecule has 33 heavy (non-hydrogen) atoms. The van der Waals surface area contributed by atoms with E-state index in [1.807, 2.05) is 26.8 Å². The van der Waals surface area contributed by atoms with Crippen LogP contribution in [0.5, 0.6) is 0 Å². The van der Waals surface area contributed by atoms with Crippen molar-refractivity contribution < 1.29 is 18.0 Å². The second kappa shape index (κ2) is 7.10. The number of carbonyl (C=O) groups is 1. The number of benzene rings is 1. The quantitative estimate of drug-likeness (QED) is 0.626. The van der Waals surface area contributed by atoms with Crippen molar-refractivity contribution in [1.29, 1.82) is 0 Å². The number of dihydropyridines is 1. The Balaban J connectivity index is 1.74. The van der Waals surface area contributed by atoms with E-state index in [1.54, 1.807) is 18.2 Å². The number of rotatable bonds is 3. The standard InChI is InChI=1S/C25H23F3N4O/c1-4-24(18-13-30-32-22(18)31-19-11-23(2,3)21(33)20(19)24)15-7-5-6-14(10-15)16-8-9-29-12-17(16)25(26,27)28/h5-10,12,31H,4,11,13H2,1-3H3/t24-/m1/s1. The van der Waals surface area contributed by atoms with Gasteiger partial charge >= 0.3 is 6.18 Å². The number of hydrogen-bond acceptors (Lipinski definition) is 5. The average Bonchev–Trinajstić information content (AvgIpc) is 3.34. The Morgan fingerprint density at radius 2 is 1.97 bits per heavy atom. The summed E-state index contributed by atoms with van der Waals surface area (Å²) in [5.74, 6) is 0.696. The van der Waals surface area contributed by atoms with Crippen LogP contribution in [0.2, 0.25) is 0 Å². The van der Waals surface area contributed by atoms with Gasteiger partial charge in [0.25, 0.3) is 0 Å². The molecule has 1 atom stereocenters. The SMILES string of the molecule is CC[C@@]1(c2cccc(-c3ccncc3C(F)(F)F)c2)C2=C(N=NC2)NC2=C1C(=O)C(C)(C)C2. The van der Waals surface area contributed by atoms with Crippen LogP contribution in [-0.2, 0) is 16.4 Å². The Morgan fingerprint density at radius 1 is 1.18 bits per heavy atom. The molecule has 3 heterocycles. The molecular weight excluding hydrogens is 429 g/mol. The summed E-state index contributed by atoms with van der Waals surface area (Å²) in [6.45, 7) is 6.18. The number of pyridine rings is 1. The van der Waals surface area contributed by atoms with Gasteiger partial charge in [-0.3, -0.25) is 9.78 Å². The lowest BCUT2D eigenvalue weighted by atomic mass is 9.63. The summed E-state index contributed by atoms with van der Waals surface area (Å²) in [7, 11) is 0. The zero-order chi connectivity index (χ0) is 23.6. The van der Waals surface area contributed by atoms with Gasteiger partial charge in [-0.25, -0.2) is 0 Å². The first-order valence-corrected chi connectivity index (χ1v) is 10.9. The van der Waals surface area contributed by atoms with Gasteiger partial charge in [0, 0.05) is 41.1 Å². The third kappa shape index (κ3) is 3.07. The third-order valence-corrected chi connectivity index (χ3v) is 6.98. The number of azo groups is 1. The minimum absolute atomic E-state index is 0.0515. The molecular formula is C25H23F3N4O. The van der Waals surface area contributed by atoms with Gasteiger partial charge in [0.15, 0.2) is 11.6 Å². The van der Waals surface area contributed by atoms with Gasteiger partial charge < -0.3 is 5.32 Å². The molecule has 1 aliphatic carbocycles. The van der Waals surface area contributed by atoms with Crippen molar-refractivity contribution >= 4 is 5.78 Å². The van der Waals surface area contributed by atoms with E-state index in [-0.39, 0.29) is 11.3 Å². The summed E-state index contributed by atoms with van der Waals surface area (Å²) in [5, 5.41) is 11.8. The number of hydrogen-bond donors (Lipinski definition) is 1. The highest BCUT2D eigenvalue weighted by molar-refractivity contribution is 6.06. The van der Waals surface area contributed by atoms with Crippen LogP contribution in [0.3, 0.4) is 0 Å². The predicted octanol–water partition coefficient (Wildman–Crippen LogP) is 5.95. The Labute approximate surface area is 189 Å². The molecule has 2 aliphatic heterocycles. The molecule has 0 fully saturated rings. The molecule has 2 aromatic rings. The topological polar surface area (TPSA) is 66.7 Å². The third-order valence-electron chi connectivity index (χ3n) is 6.98. The van der Waals surface area contributed by atoms with Crippen LogP contribution in [0.4, 0.5) is 13.2 Å². The van der Waals surface area contributed by atoms with Crippen molar-refractivity contribution in [2.24, 2.45) is 15.6 Å². The lowest BCUT2D eigenvalue weighted by molar-refractivity contribution is -0.137. The van der Waals surface area contributed by atoms with Crippen LogP contribution in [0, 0.1) is 5.41 Å². The number of Topliss-reactive ketones (excluding diaryl/α,β-unsaturated/α-hetero) is 1. The fraction of sp³-hybridized carbons (Fsp3) is 0.360. The molecule has 170 valence electrons. The first kappa shape index (κ1) is 21.6. The molecule has 0 bridgehead atoms. The number of nitrogens with zero attached hydrogens (tertiary/aromatic N) is 3. The lowest BCUT2D eigenvalue weighted by Crippen LogP contribution is -2.41. The van der Waals surface area contributed by atoms with Gasteiger partial charge in [0.2, 0.25) is 0 Å². The summed E-state index contributed by atoms with van der Waals surface area (Å²) in [5.41, 5.74) is 1.50. The number of alkyl halides is 3. The molecule has 3 aliphatic rings. The number of carbonyl (C=O) groups excluding carboxylic acids is 1. The minimum Gasteiger partial charge on any atom is -0.342 e. The summed E-state index contributed by atoms with van der Waals surface area (Å²) in [6.07, 6.45) is -1.21. The monoisotopic (exact) mass is 452 g/mol. The van der Waals surface area contributed by atoms with E-state index in [1.165, 1.54) is 12.3 Å². The maximum absolute atomic E-state index is 13.7. The Bertz CT molecular complexity index is 1270. The van der Waals surface area contributed by atoms with Crippen molar-refractivity contribution in [3.05, 3.63) is 76.5 Å².